The summed E-state index contributed by atoms with van der Waals surface area (Å²) in [4.78, 5) is 68.4. The van der Waals surface area contributed by atoms with Crippen LogP contribution >= 0.6 is 0 Å². The van der Waals surface area contributed by atoms with Gasteiger partial charge in [0.05, 0.1) is 12.7 Å². The minimum atomic E-state index is -1.63. The molecule has 0 aromatic heterocycles. The van der Waals surface area contributed by atoms with Crippen LogP contribution in [0, 0.1) is 0 Å². The van der Waals surface area contributed by atoms with E-state index >= 15 is 0 Å². The summed E-state index contributed by atoms with van der Waals surface area (Å²) in [6, 6.07) is 2.58. The van der Waals surface area contributed by atoms with Gasteiger partial charge in [0.1, 0.15) is 11.8 Å². The number of carbonyl (C=O) groups excluding carboxylic acids is 3. The Morgan fingerprint density at radius 2 is 1.62 bits per heavy atom. The highest BCUT2D eigenvalue weighted by atomic mass is 16.5. The van der Waals surface area contributed by atoms with Crippen LogP contribution < -0.4 is 16.0 Å². The topological polar surface area (TPSA) is 229 Å². The number of unbranched alkanes of at least 4 members (excludes halogenated alkanes) is 1. The summed E-state index contributed by atoms with van der Waals surface area (Å²) in [6.07, 6.45) is 1.81. The standard InChI is InChI=1S/C23H29N3O11/c1-37-17(20(31)26-15(22(33)34)5-2-3-9-25-21(32)23(35)36)12-13-7-8-16(27)14(11-13)19(30)24-10-4-6-18(28)29/h7-8,11-12,15,27H,2-6,9-10H2,1H3,(H,24,30)(H,25,32)(H,26,31)(H,28,29)(H,33,34)(H,35,36)/b17-12-. The Labute approximate surface area is 211 Å². The Kier molecular flexibility index (Phi) is 12.6. The van der Waals surface area contributed by atoms with Crippen molar-refractivity contribution in [3.05, 3.63) is 35.1 Å². The Bertz CT molecular complexity index is 1050. The lowest BCUT2D eigenvalue weighted by Gasteiger charge is -2.15. The second-order valence-corrected chi connectivity index (χ2v) is 7.66. The molecule has 7 N–H and O–H groups in total. The normalized spacial score (nSPS) is 11.6. The summed E-state index contributed by atoms with van der Waals surface area (Å²) in [5.41, 5.74) is 0.153. The van der Waals surface area contributed by atoms with Crippen LogP contribution in [0.3, 0.4) is 0 Å². The highest BCUT2D eigenvalue weighted by molar-refractivity contribution is 6.31. The Morgan fingerprint density at radius 3 is 2.22 bits per heavy atom. The number of aromatic hydroxyl groups is 1. The number of carboxylic acid groups (broad SMARTS) is 3. The number of benzene rings is 1. The monoisotopic (exact) mass is 523 g/mol. The highest BCUT2D eigenvalue weighted by Gasteiger charge is 2.22. The molecular formula is C23H29N3O11. The van der Waals surface area contributed by atoms with Gasteiger partial charge in [-0.25, -0.2) is 9.59 Å². The third-order valence-corrected chi connectivity index (χ3v) is 4.86. The molecule has 0 aliphatic carbocycles. The molecule has 3 amide bonds. The van der Waals surface area contributed by atoms with Crippen molar-refractivity contribution in [1.29, 1.82) is 0 Å². The number of carbonyl (C=O) groups is 6. The lowest BCUT2D eigenvalue weighted by Crippen LogP contribution is -2.41. The van der Waals surface area contributed by atoms with Crippen molar-refractivity contribution in [2.45, 2.75) is 38.1 Å². The second kappa shape index (κ2) is 15.4. The number of hydrogen-bond donors (Lipinski definition) is 7. The van der Waals surface area contributed by atoms with Crippen LogP contribution in [0.4, 0.5) is 0 Å². The molecular weight excluding hydrogens is 494 g/mol. The van der Waals surface area contributed by atoms with Crippen LogP contribution in [0.5, 0.6) is 5.75 Å². The van der Waals surface area contributed by atoms with E-state index < -0.39 is 41.7 Å². The average Bonchev–Trinajstić information content (AvgIpc) is 2.84. The van der Waals surface area contributed by atoms with Crippen LogP contribution in [0.15, 0.2) is 24.0 Å². The van der Waals surface area contributed by atoms with Crippen molar-refractivity contribution in [2.75, 3.05) is 20.2 Å². The fourth-order valence-corrected chi connectivity index (χ4v) is 2.97. The van der Waals surface area contributed by atoms with E-state index in [1.165, 1.54) is 31.4 Å². The minimum absolute atomic E-state index is 0.00752. The van der Waals surface area contributed by atoms with Gasteiger partial charge in [0, 0.05) is 19.5 Å². The van der Waals surface area contributed by atoms with Gasteiger partial charge in [0.15, 0.2) is 5.76 Å². The Morgan fingerprint density at radius 1 is 0.946 bits per heavy atom. The lowest BCUT2D eigenvalue weighted by molar-refractivity contribution is -0.150. The van der Waals surface area contributed by atoms with Gasteiger partial charge >= 0.3 is 23.8 Å². The summed E-state index contributed by atoms with van der Waals surface area (Å²) in [5, 5.41) is 43.5. The molecule has 0 bridgehead atoms. The largest absolute Gasteiger partial charge is 0.507 e. The zero-order chi connectivity index (χ0) is 28.0. The predicted molar refractivity (Wildman–Crippen MR) is 126 cm³/mol. The molecule has 37 heavy (non-hydrogen) atoms. The van der Waals surface area contributed by atoms with E-state index in [1.807, 2.05) is 0 Å². The zero-order valence-corrected chi connectivity index (χ0v) is 20.0. The van der Waals surface area contributed by atoms with Crippen LogP contribution in [0.1, 0.15) is 48.0 Å². The first-order chi connectivity index (χ1) is 17.5. The molecule has 1 atom stereocenters. The molecule has 1 unspecified atom stereocenters. The summed E-state index contributed by atoms with van der Waals surface area (Å²) >= 11 is 0. The van der Waals surface area contributed by atoms with Crippen LogP contribution in [0.2, 0.25) is 0 Å². The first-order valence-corrected chi connectivity index (χ1v) is 11.1. The van der Waals surface area contributed by atoms with E-state index in [4.69, 9.17) is 14.9 Å². The molecule has 1 aromatic rings. The third kappa shape index (κ3) is 11.1. The number of phenolic OH excluding ortho intramolecular Hbond substituents is 1. The lowest BCUT2D eigenvalue weighted by atomic mass is 10.1. The van der Waals surface area contributed by atoms with Gasteiger partial charge in [-0.1, -0.05) is 6.07 Å². The van der Waals surface area contributed by atoms with E-state index in [0.717, 1.165) is 0 Å². The highest BCUT2D eigenvalue weighted by Crippen LogP contribution is 2.20. The van der Waals surface area contributed by atoms with Crippen molar-refractivity contribution < 1.29 is 53.9 Å². The van der Waals surface area contributed by atoms with E-state index in [9.17, 15) is 39.0 Å². The molecule has 0 spiro atoms. The van der Waals surface area contributed by atoms with Crippen LogP contribution in [0.25, 0.3) is 6.08 Å². The molecule has 1 rings (SSSR count). The van der Waals surface area contributed by atoms with Gasteiger partial charge in [0.25, 0.3) is 11.8 Å². The zero-order valence-electron chi connectivity index (χ0n) is 20.0. The smallest absolute Gasteiger partial charge is 0.394 e. The quantitative estimate of drug-likeness (QED) is 0.0695. The number of aliphatic carboxylic acids is 3. The van der Waals surface area contributed by atoms with Crippen LogP contribution in [-0.2, 0) is 28.7 Å². The van der Waals surface area contributed by atoms with Crippen LogP contribution in [-0.4, -0.2) is 82.3 Å². The molecule has 0 aliphatic heterocycles. The Hall–Kier alpha value is -4.62. The molecule has 1 aromatic carbocycles. The Balaban J connectivity index is 2.81. The van der Waals surface area contributed by atoms with Gasteiger partial charge in [-0.3, -0.25) is 19.2 Å². The predicted octanol–water partition coefficient (Wildman–Crippen LogP) is -0.0854. The van der Waals surface area contributed by atoms with E-state index in [1.54, 1.807) is 0 Å². The summed E-state index contributed by atoms with van der Waals surface area (Å²) in [7, 11) is 1.18. The first-order valence-electron chi connectivity index (χ1n) is 11.1. The number of ether oxygens (including phenoxy) is 1. The number of amides is 3. The molecule has 0 heterocycles. The molecule has 0 fully saturated rings. The molecule has 0 saturated carbocycles. The SMILES string of the molecule is CO/C(=C\c1ccc(O)c(C(=O)NCCCC(=O)O)c1)C(=O)NC(CCCCNC(=O)C(=O)O)C(=O)O. The maximum atomic E-state index is 12.6. The van der Waals surface area contributed by atoms with E-state index in [-0.39, 0.29) is 67.8 Å². The van der Waals surface area contributed by atoms with Crippen molar-refractivity contribution in [2.24, 2.45) is 0 Å². The van der Waals surface area contributed by atoms with Gasteiger partial charge < -0.3 is 41.1 Å². The number of nitrogens with one attached hydrogen (secondary N) is 3. The molecule has 202 valence electrons. The molecule has 0 aliphatic rings. The van der Waals surface area contributed by atoms with Gasteiger partial charge in [0.2, 0.25) is 0 Å². The second-order valence-electron chi connectivity index (χ2n) is 7.66. The molecule has 0 radical (unpaired) electrons. The molecule has 14 nitrogen and oxygen atoms in total. The summed E-state index contributed by atoms with van der Waals surface area (Å²) in [5.74, 6) is -7.28. The maximum Gasteiger partial charge on any atom is 0.394 e. The van der Waals surface area contributed by atoms with E-state index in [2.05, 4.69) is 16.0 Å². The van der Waals surface area contributed by atoms with Crippen molar-refractivity contribution in [3.63, 3.8) is 0 Å². The number of phenols is 1. The fraction of sp³-hybridized carbons (Fsp3) is 0.391. The number of rotatable bonds is 15. The average molecular weight is 523 g/mol. The van der Waals surface area contributed by atoms with Gasteiger partial charge in [-0.05, 0) is 49.5 Å². The maximum absolute atomic E-state index is 12.6. The summed E-state index contributed by atoms with van der Waals surface area (Å²) < 4.78 is 5.06. The minimum Gasteiger partial charge on any atom is -0.507 e. The molecule has 14 heteroatoms. The number of hydrogen-bond acceptors (Lipinski definition) is 8. The number of carboxylic acids is 3. The van der Waals surface area contributed by atoms with Gasteiger partial charge in [-0.2, -0.15) is 0 Å². The van der Waals surface area contributed by atoms with Crippen molar-refractivity contribution in [1.82, 2.24) is 16.0 Å². The van der Waals surface area contributed by atoms with E-state index in [0.29, 0.717) is 0 Å². The first kappa shape index (κ1) is 30.4. The third-order valence-electron chi connectivity index (χ3n) is 4.86. The summed E-state index contributed by atoms with van der Waals surface area (Å²) in [6.45, 7) is 0.0871. The van der Waals surface area contributed by atoms with Crippen molar-refractivity contribution in [3.8, 4) is 5.75 Å². The van der Waals surface area contributed by atoms with Crippen molar-refractivity contribution >= 4 is 41.7 Å². The fourth-order valence-electron chi connectivity index (χ4n) is 2.97. The van der Waals surface area contributed by atoms with Gasteiger partial charge in [-0.15, -0.1) is 0 Å². The number of methoxy groups -OCH3 is 1. The molecule has 0 saturated heterocycles.